The zero-order chi connectivity index (χ0) is 12.8. The number of methoxy groups -OCH3 is 1. The molecule has 4 nitrogen and oxygen atoms in total. The van der Waals surface area contributed by atoms with Crippen molar-refractivity contribution in [2.24, 2.45) is 0 Å². The van der Waals surface area contributed by atoms with Crippen LogP contribution in [0.2, 0.25) is 0 Å². The predicted molar refractivity (Wildman–Crippen MR) is 66.3 cm³/mol. The Hall–Kier alpha value is -1.54. The fraction of sp³-hybridized carbons (Fsp3) is 0.333. The Morgan fingerprint density at radius 3 is 2.71 bits per heavy atom. The fourth-order valence-electron chi connectivity index (χ4n) is 1.45. The van der Waals surface area contributed by atoms with Crippen molar-refractivity contribution >= 4 is 21.9 Å². The van der Waals surface area contributed by atoms with Crippen molar-refractivity contribution in [2.75, 3.05) is 13.7 Å². The van der Waals surface area contributed by atoms with Crippen LogP contribution in [0.3, 0.4) is 0 Å². The molecular weight excluding hydrogens is 286 g/mol. The van der Waals surface area contributed by atoms with E-state index in [-0.39, 0.29) is 17.7 Å². The van der Waals surface area contributed by atoms with Crippen molar-refractivity contribution in [2.45, 2.75) is 12.3 Å². The maximum atomic E-state index is 11.7. The van der Waals surface area contributed by atoms with Gasteiger partial charge in [-0.25, -0.2) is 4.79 Å². The number of hydrogen-bond donors (Lipinski definition) is 0. The molecule has 90 valence electrons. The summed E-state index contributed by atoms with van der Waals surface area (Å²) in [6.07, 6.45) is 0. The molecule has 0 fully saturated rings. The lowest BCUT2D eigenvalue weighted by atomic mass is 10.0. The van der Waals surface area contributed by atoms with E-state index in [4.69, 9.17) is 14.7 Å². The molecule has 0 aliphatic heterocycles. The number of rotatable bonds is 4. The molecular formula is C12H12BrNO3. The molecule has 0 saturated heterocycles. The first-order chi connectivity index (χ1) is 8.19. The summed E-state index contributed by atoms with van der Waals surface area (Å²) in [5.41, 5.74) is 1.26. The van der Waals surface area contributed by atoms with E-state index in [2.05, 4.69) is 15.9 Å². The van der Waals surface area contributed by atoms with Crippen LogP contribution in [0.15, 0.2) is 12.1 Å². The third-order valence-corrected chi connectivity index (χ3v) is 2.80. The van der Waals surface area contributed by atoms with Crippen molar-refractivity contribution in [3.05, 3.63) is 28.8 Å². The second-order valence-electron chi connectivity index (χ2n) is 3.15. The third-order valence-electron chi connectivity index (χ3n) is 2.19. The molecule has 0 saturated carbocycles. The zero-order valence-corrected chi connectivity index (χ0v) is 11.2. The first-order valence-electron chi connectivity index (χ1n) is 5.02. The number of nitriles is 1. The summed E-state index contributed by atoms with van der Waals surface area (Å²) in [7, 11) is 1.47. The number of ether oxygens (including phenoxy) is 2. The second kappa shape index (κ2) is 6.26. The molecule has 0 unspecified atom stereocenters. The van der Waals surface area contributed by atoms with E-state index in [1.54, 1.807) is 19.1 Å². The number of carbonyl (C=O) groups is 1. The van der Waals surface area contributed by atoms with Crippen LogP contribution in [0.1, 0.15) is 28.4 Å². The molecule has 0 bridgehead atoms. The van der Waals surface area contributed by atoms with E-state index in [1.165, 1.54) is 7.11 Å². The van der Waals surface area contributed by atoms with Gasteiger partial charge >= 0.3 is 5.97 Å². The van der Waals surface area contributed by atoms with Crippen molar-refractivity contribution in [3.63, 3.8) is 0 Å². The monoisotopic (exact) mass is 297 g/mol. The summed E-state index contributed by atoms with van der Waals surface area (Å²) in [4.78, 5) is 11.7. The van der Waals surface area contributed by atoms with Gasteiger partial charge in [-0.2, -0.15) is 5.26 Å². The maximum Gasteiger partial charge on any atom is 0.339 e. The molecule has 0 radical (unpaired) electrons. The first kappa shape index (κ1) is 13.5. The van der Waals surface area contributed by atoms with E-state index < -0.39 is 5.97 Å². The van der Waals surface area contributed by atoms with Gasteiger partial charge in [0.05, 0.1) is 19.3 Å². The van der Waals surface area contributed by atoms with E-state index in [0.717, 1.165) is 5.56 Å². The maximum absolute atomic E-state index is 11.7. The van der Waals surface area contributed by atoms with Crippen LogP contribution in [-0.4, -0.2) is 19.7 Å². The summed E-state index contributed by atoms with van der Waals surface area (Å²) in [5.74, 6) is -0.0987. The van der Waals surface area contributed by atoms with Crippen molar-refractivity contribution in [1.82, 2.24) is 0 Å². The lowest BCUT2D eigenvalue weighted by molar-refractivity contribution is 0.0525. The SMILES string of the molecule is CCOC(=O)c1ccc(CBr)c(OC)c1C#N. The van der Waals surface area contributed by atoms with E-state index >= 15 is 0 Å². The average molecular weight is 298 g/mol. The van der Waals surface area contributed by atoms with Crippen molar-refractivity contribution in [3.8, 4) is 11.8 Å². The Bertz CT molecular complexity index is 466. The topological polar surface area (TPSA) is 59.3 Å². The molecule has 0 aromatic heterocycles. The summed E-state index contributed by atoms with van der Waals surface area (Å²) in [5, 5.41) is 9.66. The highest BCUT2D eigenvalue weighted by Gasteiger charge is 2.19. The Morgan fingerprint density at radius 2 is 2.24 bits per heavy atom. The van der Waals surface area contributed by atoms with Gasteiger partial charge in [0.25, 0.3) is 0 Å². The molecule has 1 aromatic carbocycles. The minimum Gasteiger partial charge on any atom is -0.495 e. The van der Waals surface area contributed by atoms with E-state index in [9.17, 15) is 4.79 Å². The van der Waals surface area contributed by atoms with Gasteiger partial charge in [0.1, 0.15) is 17.4 Å². The summed E-state index contributed by atoms with van der Waals surface area (Å²) < 4.78 is 10.1. The molecule has 1 aromatic rings. The third kappa shape index (κ3) is 2.77. The molecule has 17 heavy (non-hydrogen) atoms. The van der Waals surface area contributed by atoms with Crippen LogP contribution < -0.4 is 4.74 Å². The number of nitrogens with zero attached hydrogens (tertiary/aromatic N) is 1. The zero-order valence-electron chi connectivity index (χ0n) is 9.62. The lowest BCUT2D eigenvalue weighted by Crippen LogP contribution is -2.09. The lowest BCUT2D eigenvalue weighted by Gasteiger charge is -2.11. The van der Waals surface area contributed by atoms with Crippen LogP contribution in [0.5, 0.6) is 5.75 Å². The molecule has 0 aliphatic rings. The number of halogens is 1. The van der Waals surface area contributed by atoms with Crippen LogP contribution in [0.25, 0.3) is 0 Å². The van der Waals surface area contributed by atoms with Gasteiger partial charge in [-0.1, -0.05) is 22.0 Å². The van der Waals surface area contributed by atoms with E-state index in [1.807, 2.05) is 6.07 Å². The molecule has 1 rings (SSSR count). The Kier molecular flexibility index (Phi) is 4.98. The number of esters is 1. The van der Waals surface area contributed by atoms with Gasteiger partial charge in [-0.05, 0) is 13.0 Å². The summed E-state index contributed by atoms with van der Waals surface area (Å²) in [6.45, 7) is 1.99. The van der Waals surface area contributed by atoms with Gasteiger partial charge in [0.2, 0.25) is 0 Å². The van der Waals surface area contributed by atoms with Gasteiger partial charge in [0, 0.05) is 10.9 Å². The molecule has 5 heteroatoms. The first-order valence-corrected chi connectivity index (χ1v) is 6.14. The van der Waals surface area contributed by atoms with Crippen LogP contribution >= 0.6 is 15.9 Å². The Balaban J connectivity index is 3.34. The molecule has 0 heterocycles. The van der Waals surface area contributed by atoms with Crippen LogP contribution in [0, 0.1) is 11.3 Å². The molecule has 0 atom stereocenters. The van der Waals surface area contributed by atoms with Gasteiger partial charge in [-0.3, -0.25) is 0 Å². The van der Waals surface area contributed by atoms with E-state index in [0.29, 0.717) is 11.1 Å². The van der Waals surface area contributed by atoms with Crippen molar-refractivity contribution < 1.29 is 14.3 Å². The molecule has 0 spiro atoms. The standard InChI is InChI=1S/C12H12BrNO3/c1-3-17-12(15)9-5-4-8(6-13)11(16-2)10(9)7-14/h4-5H,3,6H2,1-2H3. The normalized spacial score (nSPS) is 9.53. The quantitative estimate of drug-likeness (QED) is 0.633. The molecule has 0 amide bonds. The number of hydrogen-bond acceptors (Lipinski definition) is 4. The minimum atomic E-state index is -0.511. The largest absolute Gasteiger partial charge is 0.495 e. The van der Waals surface area contributed by atoms with Crippen LogP contribution in [0.4, 0.5) is 0 Å². The summed E-state index contributed by atoms with van der Waals surface area (Å²) in [6, 6.07) is 5.30. The van der Waals surface area contributed by atoms with Gasteiger partial charge in [-0.15, -0.1) is 0 Å². The fourth-order valence-corrected chi connectivity index (χ4v) is 1.90. The minimum absolute atomic E-state index is 0.211. The highest BCUT2D eigenvalue weighted by molar-refractivity contribution is 9.08. The molecule has 0 aliphatic carbocycles. The summed E-state index contributed by atoms with van der Waals surface area (Å²) >= 11 is 3.30. The Morgan fingerprint density at radius 1 is 1.53 bits per heavy atom. The van der Waals surface area contributed by atoms with Gasteiger partial charge in [0.15, 0.2) is 0 Å². The average Bonchev–Trinajstić information content (AvgIpc) is 2.36. The smallest absolute Gasteiger partial charge is 0.339 e. The highest BCUT2D eigenvalue weighted by Crippen LogP contribution is 2.28. The van der Waals surface area contributed by atoms with Crippen molar-refractivity contribution in [1.29, 1.82) is 5.26 Å². The predicted octanol–water partition coefficient (Wildman–Crippen LogP) is 2.64. The molecule has 0 N–H and O–H groups in total. The number of alkyl halides is 1. The highest BCUT2D eigenvalue weighted by atomic mass is 79.9. The number of benzene rings is 1. The van der Waals surface area contributed by atoms with Crippen LogP contribution in [-0.2, 0) is 10.1 Å². The Labute approximate surface area is 108 Å². The second-order valence-corrected chi connectivity index (χ2v) is 3.71. The van der Waals surface area contributed by atoms with Gasteiger partial charge < -0.3 is 9.47 Å². The number of carbonyl (C=O) groups excluding carboxylic acids is 1.